The van der Waals surface area contributed by atoms with E-state index in [4.69, 9.17) is 0 Å². The van der Waals surface area contributed by atoms with Crippen LogP contribution in [0.3, 0.4) is 0 Å². The van der Waals surface area contributed by atoms with Gasteiger partial charge in [-0.05, 0) is 44.6 Å². The summed E-state index contributed by atoms with van der Waals surface area (Å²) in [7, 11) is 0. The van der Waals surface area contributed by atoms with Gasteiger partial charge in [0.1, 0.15) is 0 Å². The zero-order valence-corrected chi connectivity index (χ0v) is 12.7. The minimum atomic E-state index is -0.183. The van der Waals surface area contributed by atoms with E-state index in [9.17, 15) is 9.59 Å². The lowest BCUT2D eigenvalue weighted by atomic mass is 9.77. The largest absolute Gasteiger partial charge is 0.314 e. The SMILES string of the molecule is O=C1CCC(NC2CCCCC2C2CCCCN2)C(=O)N1. The number of rotatable bonds is 3. The Labute approximate surface area is 126 Å². The van der Waals surface area contributed by atoms with Gasteiger partial charge in [0.05, 0.1) is 6.04 Å². The number of carbonyl (C=O) groups excluding carboxylic acids is 2. The molecule has 2 amide bonds. The summed E-state index contributed by atoms with van der Waals surface area (Å²) < 4.78 is 0. The van der Waals surface area contributed by atoms with Crippen molar-refractivity contribution in [3.05, 3.63) is 0 Å². The standard InChI is InChI=1S/C16H27N3O2/c20-15-9-8-14(16(21)19-15)18-13-7-2-1-5-11(13)12-6-3-4-10-17-12/h11-14,17-18H,1-10H2,(H,19,20,21). The second-order valence-electron chi connectivity index (χ2n) is 6.78. The number of piperidine rings is 2. The summed E-state index contributed by atoms with van der Waals surface area (Å²) in [5.74, 6) is 0.365. The highest BCUT2D eigenvalue weighted by Gasteiger charge is 2.36. The molecule has 0 aromatic rings. The van der Waals surface area contributed by atoms with Crippen molar-refractivity contribution < 1.29 is 9.59 Å². The summed E-state index contributed by atoms with van der Waals surface area (Å²) >= 11 is 0. The van der Waals surface area contributed by atoms with Crippen LogP contribution in [-0.4, -0.2) is 36.5 Å². The molecule has 0 aromatic heterocycles. The summed E-state index contributed by atoms with van der Waals surface area (Å²) in [4.78, 5) is 23.2. The van der Waals surface area contributed by atoms with Crippen LogP contribution < -0.4 is 16.0 Å². The third-order valence-electron chi connectivity index (χ3n) is 5.34. The lowest BCUT2D eigenvalue weighted by molar-refractivity contribution is -0.135. The Morgan fingerprint density at radius 3 is 2.52 bits per heavy atom. The van der Waals surface area contributed by atoms with Crippen LogP contribution in [0.1, 0.15) is 57.8 Å². The second-order valence-corrected chi connectivity index (χ2v) is 6.78. The Balaban J connectivity index is 1.61. The number of nitrogens with one attached hydrogen (secondary N) is 3. The molecule has 5 nitrogen and oxygen atoms in total. The molecule has 2 aliphatic heterocycles. The summed E-state index contributed by atoms with van der Waals surface area (Å²) in [5.41, 5.74) is 0. The van der Waals surface area contributed by atoms with E-state index in [1.165, 1.54) is 38.5 Å². The molecule has 0 radical (unpaired) electrons. The van der Waals surface area contributed by atoms with Crippen LogP contribution in [0.15, 0.2) is 0 Å². The van der Waals surface area contributed by atoms with Crippen molar-refractivity contribution in [2.24, 2.45) is 5.92 Å². The monoisotopic (exact) mass is 293 g/mol. The molecule has 4 atom stereocenters. The first-order valence-corrected chi connectivity index (χ1v) is 8.57. The minimum absolute atomic E-state index is 0.132. The number of imide groups is 1. The number of hydrogen-bond acceptors (Lipinski definition) is 4. The Hall–Kier alpha value is -0.940. The van der Waals surface area contributed by atoms with Gasteiger partial charge in [-0.3, -0.25) is 14.9 Å². The van der Waals surface area contributed by atoms with E-state index < -0.39 is 0 Å². The third-order valence-corrected chi connectivity index (χ3v) is 5.34. The first-order valence-electron chi connectivity index (χ1n) is 8.57. The highest BCUT2D eigenvalue weighted by atomic mass is 16.2. The Morgan fingerprint density at radius 2 is 1.76 bits per heavy atom. The van der Waals surface area contributed by atoms with Gasteiger partial charge in [-0.15, -0.1) is 0 Å². The zero-order chi connectivity index (χ0) is 14.7. The van der Waals surface area contributed by atoms with Crippen molar-refractivity contribution in [3.8, 4) is 0 Å². The maximum Gasteiger partial charge on any atom is 0.243 e. The highest BCUT2D eigenvalue weighted by Crippen LogP contribution is 2.31. The Kier molecular flexibility index (Phi) is 4.91. The zero-order valence-electron chi connectivity index (χ0n) is 12.7. The van der Waals surface area contributed by atoms with Crippen molar-refractivity contribution in [1.29, 1.82) is 0 Å². The van der Waals surface area contributed by atoms with Gasteiger partial charge in [0.15, 0.2) is 0 Å². The van der Waals surface area contributed by atoms with E-state index >= 15 is 0 Å². The number of amides is 2. The second kappa shape index (κ2) is 6.88. The molecular weight excluding hydrogens is 266 g/mol. The van der Waals surface area contributed by atoms with Crippen LogP contribution in [0.2, 0.25) is 0 Å². The number of hydrogen-bond donors (Lipinski definition) is 3. The molecule has 118 valence electrons. The van der Waals surface area contributed by atoms with Crippen molar-refractivity contribution in [2.75, 3.05) is 6.54 Å². The lowest BCUT2D eigenvalue weighted by Crippen LogP contribution is -2.58. The van der Waals surface area contributed by atoms with Crippen molar-refractivity contribution in [2.45, 2.75) is 75.9 Å². The fourth-order valence-corrected chi connectivity index (χ4v) is 4.20. The smallest absolute Gasteiger partial charge is 0.243 e. The van der Waals surface area contributed by atoms with Gasteiger partial charge in [-0.1, -0.05) is 19.3 Å². The average Bonchev–Trinajstić information content (AvgIpc) is 2.51. The first kappa shape index (κ1) is 15.0. The van der Waals surface area contributed by atoms with Crippen LogP contribution in [-0.2, 0) is 9.59 Å². The maximum absolute atomic E-state index is 12.0. The molecule has 0 bridgehead atoms. The van der Waals surface area contributed by atoms with Crippen molar-refractivity contribution in [3.63, 3.8) is 0 Å². The molecule has 3 aliphatic rings. The molecule has 0 spiro atoms. The highest BCUT2D eigenvalue weighted by molar-refractivity contribution is 6.00. The summed E-state index contributed by atoms with van der Waals surface area (Å²) in [6, 6.07) is 0.833. The molecule has 0 aromatic carbocycles. The third kappa shape index (κ3) is 3.64. The van der Waals surface area contributed by atoms with Crippen molar-refractivity contribution >= 4 is 11.8 Å². The van der Waals surface area contributed by atoms with Crippen LogP contribution in [0, 0.1) is 5.92 Å². The molecule has 3 N–H and O–H groups in total. The van der Waals surface area contributed by atoms with E-state index in [2.05, 4.69) is 16.0 Å². The van der Waals surface area contributed by atoms with Gasteiger partial charge in [-0.25, -0.2) is 0 Å². The predicted octanol–water partition coefficient (Wildman–Crippen LogP) is 1.08. The predicted molar refractivity (Wildman–Crippen MR) is 80.7 cm³/mol. The Bertz CT molecular complexity index is 393. The molecule has 3 rings (SSSR count). The Morgan fingerprint density at radius 1 is 0.952 bits per heavy atom. The van der Waals surface area contributed by atoms with Crippen LogP contribution in [0.25, 0.3) is 0 Å². The molecular formula is C16H27N3O2. The minimum Gasteiger partial charge on any atom is -0.314 e. The van der Waals surface area contributed by atoms with Crippen LogP contribution in [0.4, 0.5) is 0 Å². The van der Waals surface area contributed by atoms with Crippen molar-refractivity contribution in [1.82, 2.24) is 16.0 Å². The summed E-state index contributed by atoms with van der Waals surface area (Å²) in [6.45, 7) is 1.13. The number of carbonyl (C=O) groups is 2. The van der Waals surface area contributed by atoms with E-state index in [1.54, 1.807) is 0 Å². The maximum atomic E-state index is 12.0. The van der Waals surface area contributed by atoms with Gasteiger partial charge in [0, 0.05) is 18.5 Å². The van der Waals surface area contributed by atoms with E-state index in [0.29, 0.717) is 30.8 Å². The molecule has 2 heterocycles. The molecule has 4 unspecified atom stereocenters. The molecule has 5 heteroatoms. The average molecular weight is 293 g/mol. The van der Waals surface area contributed by atoms with Gasteiger partial charge >= 0.3 is 0 Å². The van der Waals surface area contributed by atoms with Crippen LogP contribution in [0.5, 0.6) is 0 Å². The molecule has 2 saturated heterocycles. The fraction of sp³-hybridized carbons (Fsp3) is 0.875. The van der Waals surface area contributed by atoms with E-state index in [-0.39, 0.29) is 17.9 Å². The van der Waals surface area contributed by atoms with Gasteiger partial charge in [0.2, 0.25) is 11.8 Å². The van der Waals surface area contributed by atoms with Gasteiger partial charge in [-0.2, -0.15) is 0 Å². The fourth-order valence-electron chi connectivity index (χ4n) is 4.20. The summed E-state index contributed by atoms with van der Waals surface area (Å²) in [6.07, 6.45) is 9.92. The molecule has 21 heavy (non-hydrogen) atoms. The topological polar surface area (TPSA) is 70.2 Å². The quantitative estimate of drug-likeness (QED) is 0.681. The van der Waals surface area contributed by atoms with E-state index in [0.717, 1.165) is 13.0 Å². The van der Waals surface area contributed by atoms with E-state index in [1.807, 2.05) is 0 Å². The molecule has 1 aliphatic carbocycles. The van der Waals surface area contributed by atoms with Gasteiger partial charge < -0.3 is 10.6 Å². The van der Waals surface area contributed by atoms with Crippen LogP contribution >= 0.6 is 0 Å². The molecule has 1 saturated carbocycles. The first-order chi connectivity index (χ1) is 10.2. The normalized spacial score (nSPS) is 38.1. The lowest BCUT2D eigenvalue weighted by Gasteiger charge is -2.41. The molecule has 3 fully saturated rings. The van der Waals surface area contributed by atoms with Gasteiger partial charge in [0.25, 0.3) is 0 Å². The summed E-state index contributed by atoms with van der Waals surface area (Å²) in [5, 5.41) is 9.71.